The molecule has 0 spiro atoms. The molecule has 1 saturated heterocycles. The number of hydrogen-bond acceptors (Lipinski definition) is 5. The van der Waals surface area contributed by atoms with Gasteiger partial charge in [-0.05, 0) is 46.1 Å². The summed E-state index contributed by atoms with van der Waals surface area (Å²) in [6.45, 7) is 8.11. The van der Waals surface area contributed by atoms with Crippen molar-refractivity contribution in [2.24, 2.45) is 5.92 Å². The van der Waals surface area contributed by atoms with Gasteiger partial charge in [0, 0.05) is 31.1 Å². The third kappa shape index (κ3) is 5.18. The third-order valence-corrected chi connectivity index (χ3v) is 4.21. The van der Waals surface area contributed by atoms with Crippen molar-refractivity contribution in [3.63, 3.8) is 0 Å². The van der Waals surface area contributed by atoms with E-state index in [-0.39, 0.29) is 23.6 Å². The van der Waals surface area contributed by atoms with Crippen LogP contribution in [0.2, 0.25) is 0 Å². The highest BCUT2D eigenvalue weighted by Gasteiger charge is 2.30. The van der Waals surface area contributed by atoms with Gasteiger partial charge in [-0.15, -0.1) is 0 Å². The van der Waals surface area contributed by atoms with E-state index in [9.17, 15) is 19.7 Å². The quantitative estimate of drug-likeness (QED) is 0.654. The molecule has 0 unspecified atom stereocenters. The van der Waals surface area contributed by atoms with Gasteiger partial charge in [0.05, 0.1) is 10.6 Å². The molecule has 26 heavy (non-hydrogen) atoms. The van der Waals surface area contributed by atoms with Crippen LogP contribution in [0.1, 0.15) is 39.2 Å². The Kier molecular flexibility index (Phi) is 5.84. The second-order valence-corrected chi connectivity index (χ2v) is 7.49. The maximum atomic E-state index is 12.5. The highest BCUT2D eigenvalue weighted by Crippen LogP contribution is 2.25. The Morgan fingerprint density at radius 2 is 1.88 bits per heavy atom. The predicted molar refractivity (Wildman–Crippen MR) is 97.0 cm³/mol. The number of nitro benzene ring substituents is 1. The van der Waals surface area contributed by atoms with Crippen LogP contribution in [0.15, 0.2) is 18.2 Å². The number of nitrogens with one attached hydrogen (secondary N) is 1. The average Bonchev–Trinajstić information content (AvgIpc) is 2.55. The molecular formula is C18H25N3O5. The van der Waals surface area contributed by atoms with Crippen LogP contribution in [-0.4, -0.2) is 40.5 Å². The van der Waals surface area contributed by atoms with Crippen molar-refractivity contribution in [1.29, 1.82) is 0 Å². The molecule has 1 aliphatic heterocycles. The SMILES string of the molecule is Cc1ccc([N+](=O)[O-])cc1NC(=O)C1CCN(C(=O)OC(C)(C)C)CC1. The van der Waals surface area contributed by atoms with Crippen LogP contribution in [0.3, 0.4) is 0 Å². The lowest BCUT2D eigenvalue weighted by molar-refractivity contribution is -0.384. The third-order valence-electron chi connectivity index (χ3n) is 4.21. The number of hydrogen-bond donors (Lipinski definition) is 1. The summed E-state index contributed by atoms with van der Waals surface area (Å²) in [7, 11) is 0. The molecule has 8 heteroatoms. The summed E-state index contributed by atoms with van der Waals surface area (Å²) >= 11 is 0. The highest BCUT2D eigenvalue weighted by molar-refractivity contribution is 5.93. The molecule has 2 rings (SSSR count). The van der Waals surface area contributed by atoms with E-state index < -0.39 is 10.5 Å². The van der Waals surface area contributed by atoms with Gasteiger partial charge < -0.3 is 15.0 Å². The minimum atomic E-state index is -0.551. The van der Waals surface area contributed by atoms with E-state index in [0.717, 1.165) is 5.56 Å². The van der Waals surface area contributed by atoms with Crippen LogP contribution >= 0.6 is 0 Å². The first-order valence-electron chi connectivity index (χ1n) is 8.60. The summed E-state index contributed by atoms with van der Waals surface area (Å²) in [6, 6.07) is 4.38. The number of piperidine rings is 1. The summed E-state index contributed by atoms with van der Waals surface area (Å²) in [6.07, 6.45) is 0.684. The number of ether oxygens (including phenoxy) is 1. The maximum absolute atomic E-state index is 12.5. The lowest BCUT2D eigenvalue weighted by Gasteiger charge is -2.33. The Bertz CT molecular complexity index is 703. The number of carbonyl (C=O) groups is 2. The van der Waals surface area contributed by atoms with Crippen LogP contribution in [-0.2, 0) is 9.53 Å². The second kappa shape index (κ2) is 7.72. The van der Waals surface area contributed by atoms with Crippen molar-refractivity contribution in [2.75, 3.05) is 18.4 Å². The van der Waals surface area contributed by atoms with Crippen molar-refractivity contribution >= 4 is 23.4 Å². The number of anilines is 1. The van der Waals surface area contributed by atoms with Crippen molar-refractivity contribution in [2.45, 2.75) is 46.1 Å². The standard InChI is InChI=1S/C18H25N3O5/c1-12-5-6-14(21(24)25)11-15(12)19-16(22)13-7-9-20(10-8-13)17(23)26-18(2,3)4/h5-6,11,13H,7-10H2,1-4H3,(H,19,22). The minimum absolute atomic E-state index is 0.0642. The van der Waals surface area contributed by atoms with E-state index in [2.05, 4.69) is 5.32 Å². The summed E-state index contributed by atoms with van der Waals surface area (Å²) in [5.74, 6) is -0.426. The van der Waals surface area contributed by atoms with Crippen molar-refractivity contribution in [1.82, 2.24) is 4.90 Å². The molecule has 0 bridgehead atoms. The van der Waals surface area contributed by atoms with Gasteiger partial charge in [-0.3, -0.25) is 14.9 Å². The number of amides is 2. The zero-order valence-electron chi connectivity index (χ0n) is 15.6. The maximum Gasteiger partial charge on any atom is 0.410 e. The Hall–Kier alpha value is -2.64. The molecule has 1 aromatic rings. The molecule has 1 aliphatic rings. The molecule has 8 nitrogen and oxygen atoms in total. The molecule has 142 valence electrons. The largest absolute Gasteiger partial charge is 0.444 e. The van der Waals surface area contributed by atoms with E-state index in [4.69, 9.17) is 4.74 Å². The van der Waals surface area contributed by atoms with E-state index in [0.29, 0.717) is 31.6 Å². The fourth-order valence-electron chi connectivity index (χ4n) is 2.74. The lowest BCUT2D eigenvalue weighted by atomic mass is 9.96. The van der Waals surface area contributed by atoms with Gasteiger partial charge in [-0.25, -0.2) is 4.79 Å². The summed E-state index contributed by atoms with van der Waals surface area (Å²) in [4.78, 5) is 36.6. The first kappa shape index (κ1) is 19.7. The number of non-ortho nitro benzene ring substituents is 1. The number of benzene rings is 1. The van der Waals surface area contributed by atoms with E-state index in [1.807, 2.05) is 20.8 Å². The Balaban J connectivity index is 1.94. The molecule has 0 atom stereocenters. The average molecular weight is 363 g/mol. The molecule has 2 amide bonds. The fourth-order valence-corrected chi connectivity index (χ4v) is 2.74. The van der Waals surface area contributed by atoms with Gasteiger partial charge in [0.25, 0.3) is 5.69 Å². The normalized spacial score (nSPS) is 15.5. The molecule has 1 aromatic carbocycles. The minimum Gasteiger partial charge on any atom is -0.444 e. The zero-order valence-corrected chi connectivity index (χ0v) is 15.6. The van der Waals surface area contributed by atoms with Gasteiger partial charge in [-0.1, -0.05) is 6.07 Å². The number of nitrogens with zero attached hydrogens (tertiary/aromatic N) is 2. The number of carbonyl (C=O) groups excluding carboxylic acids is 2. The fraction of sp³-hybridized carbons (Fsp3) is 0.556. The second-order valence-electron chi connectivity index (χ2n) is 7.49. The Morgan fingerprint density at radius 1 is 1.27 bits per heavy atom. The number of nitro groups is 1. The van der Waals surface area contributed by atoms with Crippen LogP contribution in [0.25, 0.3) is 0 Å². The van der Waals surface area contributed by atoms with Gasteiger partial charge >= 0.3 is 6.09 Å². The van der Waals surface area contributed by atoms with Crippen molar-refractivity contribution in [3.05, 3.63) is 33.9 Å². The summed E-state index contributed by atoms with van der Waals surface area (Å²) in [5, 5.41) is 13.7. The molecular weight excluding hydrogens is 338 g/mol. The first-order chi connectivity index (χ1) is 12.1. The first-order valence-corrected chi connectivity index (χ1v) is 8.60. The highest BCUT2D eigenvalue weighted by atomic mass is 16.6. The van der Waals surface area contributed by atoms with Crippen molar-refractivity contribution in [3.8, 4) is 0 Å². The molecule has 0 radical (unpaired) electrons. The molecule has 0 aromatic heterocycles. The molecule has 1 fully saturated rings. The molecule has 0 aliphatic carbocycles. The van der Waals surface area contributed by atoms with Crippen LogP contribution < -0.4 is 5.32 Å². The van der Waals surface area contributed by atoms with E-state index in [1.165, 1.54) is 12.1 Å². The smallest absolute Gasteiger partial charge is 0.410 e. The van der Waals surface area contributed by atoms with Crippen LogP contribution in [0.4, 0.5) is 16.2 Å². The van der Waals surface area contributed by atoms with Gasteiger partial charge in [0.1, 0.15) is 5.60 Å². The summed E-state index contributed by atoms with van der Waals surface area (Å²) < 4.78 is 5.34. The predicted octanol–water partition coefficient (Wildman–Crippen LogP) is 3.49. The van der Waals surface area contributed by atoms with Gasteiger partial charge in [-0.2, -0.15) is 0 Å². The molecule has 1 N–H and O–H groups in total. The van der Waals surface area contributed by atoms with E-state index in [1.54, 1.807) is 17.9 Å². The van der Waals surface area contributed by atoms with E-state index >= 15 is 0 Å². The molecule has 1 heterocycles. The van der Waals surface area contributed by atoms with Crippen LogP contribution in [0.5, 0.6) is 0 Å². The van der Waals surface area contributed by atoms with Gasteiger partial charge in [0.15, 0.2) is 0 Å². The number of rotatable bonds is 3. The molecule has 0 saturated carbocycles. The van der Waals surface area contributed by atoms with Gasteiger partial charge in [0.2, 0.25) is 5.91 Å². The Labute approximate surface area is 152 Å². The number of aryl methyl sites for hydroxylation is 1. The number of likely N-dealkylation sites (tertiary alicyclic amines) is 1. The topological polar surface area (TPSA) is 102 Å². The monoisotopic (exact) mass is 363 g/mol. The summed E-state index contributed by atoms with van der Waals surface area (Å²) in [5.41, 5.74) is 0.588. The van der Waals surface area contributed by atoms with Crippen LogP contribution in [0, 0.1) is 23.0 Å². The lowest BCUT2D eigenvalue weighted by Crippen LogP contribution is -2.43. The Morgan fingerprint density at radius 3 is 2.42 bits per heavy atom. The van der Waals surface area contributed by atoms with Crippen molar-refractivity contribution < 1.29 is 19.2 Å². The zero-order chi connectivity index (χ0) is 19.5.